The van der Waals surface area contributed by atoms with Gasteiger partial charge >= 0.3 is 0 Å². The van der Waals surface area contributed by atoms with E-state index < -0.39 is 0 Å². The van der Waals surface area contributed by atoms with Gasteiger partial charge in [-0.05, 0) is 68.4 Å². The first-order valence-electron chi connectivity index (χ1n) is 3.79. The fourth-order valence-corrected chi connectivity index (χ4v) is 422. The van der Waals surface area contributed by atoms with Crippen LogP contribution in [0.15, 0.2) is 0 Å². The SMILES string of the molecule is [SiH3][SiH]1[SiH2][SiH2][SiH2][SiH]([SiH3])[SiH2]1. The van der Waals surface area contributed by atoms with E-state index in [0.29, 0.717) is 14.7 Å². The molecule has 0 amide bonds. The summed E-state index contributed by atoms with van der Waals surface area (Å²) in [5.41, 5.74) is 0. The fraction of sp³-hybridized carbons (Fsp3) is 0. The van der Waals surface area contributed by atoms with Crippen molar-refractivity contribution in [2.75, 3.05) is 0 Å². The summed E-state index contributed by atoms with van der Waals surface area (Å²) in [6.45, 7) is 0. The third kappa shape index (κ3) is 2.55. The van der Waals surface area contributed by atoms with E-state index >= 15 is 0 Å². The lowest BCUT2D eigenvalue weighted by atomic mass is 25.9. The highest BCUT2D eigenvalue weighted by Gasteiger charge is 2.17. The van der Waals surface area contributed by atoms with Crippen molar-refractivity contribution < 1.29 is 0 Å². The predicted octanol–water partition coefficient (Wildman–Crippen LogP) is -7.33. The van der Waals surface area contributed by atoms with E-state index in [2.05, 4.69) is 0 Å². The van der Waals surface area contributed by atoms with Crippen molar-refractivity contribution in [1.29, 1.82) is 0 Å². The molecular formula is H16Si8. The molecule has 0 aromatic carbocycles. The van der Waals surface area contributed by atoms with Gasteiger partial charge in [-0.1, -0.05) is 0 Å². The van der Waals surface area contributed by atoms with Crippen LogP contribution in [-0.4, -0.2) is 68.4 Å². The van der Waals surface area contributed by atoms with Crippen molar-refractivity contribution in [3.8, 4) is 0 Å². The van der Waals surface area contributed by atoms with Crippen LogP contribution < -0.4 is 0 Å². The Morgan fingerprint density at radius 1 is 1.00 bits per heavy atom. The lowest BCUT2D eigenvalue weighted by molar-refractivity contribution is 3.58. The minimum atomic E-state index is 0.457. The van der Waals surface area contributed by atoms with E-state index in [9.17, 15) is 0 Å². The van der Waals surface area contributed by atoms with E-state index in [1.54, 1.807) is 0 Å². The molecule has 0 radical (unpaired) electrons. The minimum absolute atomic E-state index is 0.457. The quantitative estimate of drug-likeness (QED) is 0.369. The standard InChI is InChI=1S/H16Si8/c1-7-4-3-5-8(2)6-7/h7-8H,3-6H2,1-2H3. The van der Waals surface area contributed by atoms with Crippen LogP contribution in [0, 0.1) is 0 Å². The zero-order valence-electron chi connectivity index (χ0n) is 5.98. The Hall–Kier alpha value is 1.74. The second kappa shape index (κ2) is 3.80. The maximum atomic E-state index is 1.82. The highest BCUT2D eigenvalue weighted by atomic mass is 30.3. The fourth-order valence-electron chi connectivity index (χ4n) is 1.74. The van der Waals surface area contributed by atoms with Crippen LogP contribution in [0.1, 0.15) is 0 Å². The van der Waals surface area contributed by atoms with E-state index in [1.807, 2.05) is 19.5 Å². The van der Waals surface area contributed by atoms with Crippen LogP contribution in [0.2, 0.25) is 0 Å². The first-order chi connectivity index (χ1) is 3.79. The molecule has 0 aromatic rings. The zero-order valence-corrected chi connectivity index (χ0v) is 17.9. The smallest absolute Gasteiger partial charge is 0.00743 e. The van der Waals surface area contributed by atoms with Gasteiger partial charge in [-0.15, -0.1) is 0 Å². The number of hydrogen-bond donors (Lipinski definition) is 0. The van der Waals surface area contributed by atoms with Gasteiger partial charge in [0.1, 0.15) is 0 Å². The van der Waals surface area contributed by atoms with Gasteiger partial charge in [-0.3, -0.25) is 0 Å². The van der Waals surface area contributed by atoms with Crippen molar-refractivity contribution in [3.05, 3.63) is 0 Å². The van der Waals surface area contributed by atoms with Crippen LogP contribution >= 0.6 is 0 Å². The highest BCUT2D eigenvalue weighted by molar-refractivity contribution is 7.93. The third-order valence-corrected chi connectivity index (χ3v) is 178. The third-order valence-electron chi connectivity index (χ3n) is 2.20. The van der Waals surface area contributed by atoms with Gasteiger partial charge in [0.15, 0.2) is 0 Å². The molecule has 0 aliphatic carbocycles. The molecule has 2 unspecified atom stereocenters. The molecule has 0 saturated carbocycles. The van der Waals surface area contributed by atoms with Gasteiger partial charge in [0.25, 0.3) is 0 Å². The number of hydrogen-bond acceptors (Lipinski definition) is 0. The molecule has 48 valence electrons. The Kier molecular flexibility index (Phi) is 3.72. The molecule has 1 aliphatic heterocycles. The lowest BCUT2D eigenvalue weighted by Crippen LogP contribution is -2.55. The largest absolute Gasteiger partial charge is 0.0115 e. The summed E-state index contributed by atoms with van der Waals surface area (Å²) in [7, 11) is 8.22. The first kappa shape index (κ1) is 7.84. The second-order valence-corrected chi connectivity index (χ2v) is 91.2. The molecule has 1 heterocycles. The summed E-state index contributed by atoms with van der Waals surface area (Å²) in [6.07, 6.45) is 0. The van der Waals surface area contributed by atoms with Crippen molar-refractivity contribution in [1.82, 2.24) is 0 Å². The minimum Gasteiger partial charge on any atom is -0.0115 e. The Balaban J connectivity index is 2.23. The Bertz CT molecular complexity index is 58.4. The van der Waals surface area contributed by atoms with Gasteiger partial charge in [0.05, 0.1) is 0 Å². The Morgan fingerprint density at radius 2 is 1.50 bits per heavy atom. The van der Waals surface area contributed by atoms with Gasteiger partial charge in [-0.25, -0.2) is 0 Å². The summed E-state index contributed by atoms with van der Waals surface area (Å²) < 4.78 is 0. The summed E-state index contributed by atoms with van der Waals surface area (Å²) in [5.74, 6) is 0. The summed E-state index contributed by atoms with van der Waals surface area (Å²) in [6, 6.07) is 0. The molecule has 0 spiro atoms. The lowest BCUT2D eigenvalue weighted by Gasteiger charge is -2.18. The van der Waals surface area contributed by atoms with Crippen LogP contribution in [-0.2, 0) is 0 Å². The van der Waals surface area contributed by atoms with Gasteiger partial charge in [0.2, 0.25) is 0 Å². The monoisotopic (exact) mass is 240 g/mol. The molecule has 1 rings (SSSR count). The van der Waals surface area contributed by atoms with Crippen LogP contribution in [0.25, 0.3) is 0 Å². The maximum Gasteiger partial charge on any atom is -0.00743 e. The van der Waals surface area contributed by atoms with Crippen molar-refractivity contribution in [2.24, 2.45) is 0 Å². The van der Waals surface area contributed by atoms with Crippen LogP contribution in [0.5, 0.6) is 0 Å². The molecule has 0 N–H and O–H groups in total. The highest BCUT2D eigenvalue weighted by Crippen LogP contribution is 1.80. The van der Waals surface area contributed by atoms with E-state index in [0.717, 1.165) is 34.2 Å². The molecule has 2 atom stereocenters. The molecule has 8 heavy (non-hydrogen) atoms. The average molecular weight is 241 g/mol. The molecule has 0 nitrogen and oxygen atoms in total. The first-order valence-corrected chi connectivity index (χ1v) is 34.1. The van der Waals surface area contributed by atoms with Gasteiger partial charge < -0.3 is 0 Å². The molecule has 1 fully saturated rings. The van der Waals surface area contributed by atoms with Crippen LogP contribution in [0.3, 0.4) is 0 Å². The normalized spacial score (nSPS) is 52.5. The number of rotatable bonds is 0. The molecule has 8 heteroatoms. The van der Waals surface area contributed by atoms with Gasteiger partial charge in [-0.2, -0.15) is 0 Å². The summed E-state index contributed by atoms with van der Waals surface area (Å²) in [4.78, 5) is 0. The molecule has 0 bridgehead atoms. The average Bonchev–Trinajstić information content (AvgIpc) is 1.64. The van der Waals surface area contributed by atoms with Crippen LogP contribution in [0.4, 0.5) is 0 Å². The predicted molar refractivity (Wildman–Crippen MR) is 68.4 cm³/mol. The Morgan fingerprint density at radius 3 is 1.75 bits per heavy atom. The molecular weight excluding hydrogens is 225 g/mol. The van der Waals surface area contributed by atoms with E-state index in [4.69, 9.17) is 0 Å². The van der Waals surface area contributed by atoms with E-state index in [-0.39, 0.29) is 0 Å². The van der Waals surface area contributed by atoms with Crippen molar-refractivity contribution >= 4 is 68.4 Å². The topological polar surface area (TPSA) is 0 Å². The maximum absolute atomic E-state index is 1.82. The molecule has 1 saturated heterocycles. The Labute approximate surface area is 68.3 Å². The van der Waals surface area contributed by atoms with E-state index in [1.165, 1.54) is 0 Å². The summed E-state index contributed by atoms with van der Waals surface area (Å²) >= 11 is 0. The van der Waals surface area contributed by atoms with Gasteiger partial charge in [0, 0.05) is 0 Å². The molecule has 0 aromatic heterocycles. The summed E-state index contributed by atoms with van der Waals surface area (Å²) in [5, 5.41) is 0. The van der Waals surface area contributed by atoms with Crippen molar-refractivity contribution in [2.45, 2.75) is 0 Å². The van der Waals surface area contributed by atoms with Crippen molar-refractivity contribution in [3.63, 3.8) is 0 Å². The molecule has 1 aliphatic rings. The zero-order chi connectivity index (χ0) is 5.98. The second-order valence-electron chi connectivity index (χ2n) is 3.38.